The van der Waals surface area contributed by atoms with Gasteiger partial charge >= 0.3 is 0 Å². The lowest BCUT2D eigenvalue weighted by atomic mass is 9.78. The first-order valence-electron chi connectivity index (χ1n) is 10.2. The van der Waals surface area contributed by atoms with E-state index in [0.29, 0.717) is 12.8 Å². The van der Waals surface area contributed by atoms with E-state index in [9.17, 15) is 22.0 Å². The topological polar surface area (TPSA) is 0 Å². The molecule has 0 saturated carbocycles. The zero-order valence-corrected chi connectivity index (χ0v) is 16.8. The van der Waals surface area contributed by atoms with Gasteiger partial charge in [0.1, 0.15) is 11.6 Å². The summed E-state index contributed by atoms with van der Waals surface area (Å²) >= 11 is 0. The summed E-state index contributed by atoms with van der Waals surface area (Å²) in [5.41, 5.74) is -0.291. The lowest BCUT2D eigenvalue weighted by molar-refractivity contribution is 0.441. The Hall–Kier alpha value is -2.76. The van der Waals surface area contributed by atoms with Crippen molar-refractivity contribution in [2.75, 3.05) is 0 Å². The minimum Gasteiger partial charge on any atom is -0.207 e. The number of hydrogen-bond donors (Lipinski definition) is 0. The molecule has 0 aliphatic heterocycles. The van der Waals surface area contributed by atoms with Crippen LogP contribution in [0.2, 0.25) is 0 Å². The molecule has 0 radical (unpaired) electrons. The van der Waals surface area contributed by atoms with Crippen LogP contribution >= 0.6 is 0 Å². The van der Waals surface area contributed by atoms with Crippen LogP contribution in [0.4, 0.5) is 26.3 Å². The quantitative estimate of drug-likeness (QED) is 0.296. The second-order valence-electron chi connectivity index (χ2n) is 7.91. The van der Waals surface area contributed by atoms with Gasteiger partial charge in [0.25, 0.3) is 0 Å². The molecule has 0 aromatic heterocycles. The maximum absolute atomic E-state index is 15.2. The summed E-state index contributed by atoms with van der Waals surface area (Å²) < 4.78 is 87.1. The zero-order valence-electron chi connectivity index (χ0n) is 16.8. The van der Waals surface area contributed by atoms with Gasteiger partial charge in [0, 0.05) is 0 Å². The fourth-order valence-electron chi connectivity index (χ4n) is 4.41. The van der Waals surface area contributed by atoms with Crippen LogP contribution in [0, 0.1) is 34.9 Å². The van der Waals surface area contributed by atoms with E-state index in [2.05, 4.69) is 0 Å². The highest BCUT2D eigenvalue weighted by molar-refractivity contribution is 5.67. The third kappa shape index (κ3) is 3.73. The van der Waals surface area contributed by atoms with Crippen LogP contribution in [0.3, 0.4) is 0 Å². The minimum absolute atomic E-state index is 0.0259. The van der Waals surface area contributed by atoms with Crippen molar-refractivity contribution in [3.05, 3.63) is 93.6 Å². The zero-order chi connectivity index (χ0) is 22.3. The summed E-state index contributed by atoms with van der Waals surface area (Å²) in [6.07, 6.45) is 1.24. The van der Waals surface area contributed by atoms with E-state index in [1.54, 1.807) is 0 Å². The van der Waals surface area contributed by atoms with Gasteiger partial charge in [-0.25, -0.2) is 26.3 Å². The van der Waals surface area contributed by atoms with Gasteiger partial charge in [-0.2, -0.15) is 0 Å². The molecule has 0 bridgehead atoms. The molecule has 3 aromatic rings. The number of aryl methyl sites for hydroxylation is 1. The van der Waals surface area contributed by atoms with Gasteiger partial charge in [0.15, 0.2) is 23.3 Å². The molecule has 1 aliphatic rings. The molecule has 0 N–H and O–H groups in total. The molecule has 6 heteroatoms. The van der Waals surface area contributed by atoms with Crippen LogP contribution < -0.4 is 0 Å². The van der Waals surface area contributed by atoms with Crippen molar-refractivity contribution in [3.63, 3.8) is 0 Å². The minimum atomic E-state index is -1.37. The van der Waals surface area contributed by atoms with Crippen LogP contribution in [-0.2, 0) is 19.3 Å². The third-order valence-corrected chi connectivity index (χ3v) is 6.00. The smallest absolute Gasteiger partial charge is 0.169 e. The van der Waals surface area contributed by atoms with Crippen LogP contribution in [0.25, 0.3) is 11.1 Å². The van der Waals surface area contributed by atoms with Gasteiger partial charge in [-0.05, 0) is 71.6 Å². The number of hydrogen-bond acceptors (Lipinski definition) is 0. The molecule has 162 valence electrons. The molecule has 0 spiro atoms. The highest BCUT2D eigenvalue weighted by atomic mass is 19.2. The average molecular weight is 434 g/mol. The number of halogens is 6. The van der Waals surface area contributed by atoms with Gasteiger partial charge in [-0.3, -0.25) is 0 Å². The van der Waals surface area contributed by atoms with Crippen LogP contribution in [0.1, 0.15) is 47.9 Å². The van der Waals surface area contributed by atoms with Crippen LogP contribution in [0.15, 0.2) is 36.4 Å². The summed E-state index contributed by atoms with van der Waals surface area (Å²) in [5, 5.41) is 0. The van der Waals surface area contributed by atoms with Gasteiger partial charge < -0.3 is 0 Å². The van der Waals surface area contributed by atoms with E-state index in [1.807, 2.05) is 6.92 Å². The number of fused-ring (bicyclic) bond motifs is 1. The average Bonchev–Trinajstić information content (AvgIpc) is 2.77. The second-order valence-corrected chi connectivity index (χ2v) is 7.91. The molecule has 0 saturated heterocycles. The van der Waals surface area contributed by atoms with Crippen molar-refractivity contribution in [2.24, 2.45) is 0 Å². The van der Waals surface area contributed by atoms with E-state index in [0.717, 1.165) is 12.1 Å². The monoisotopic (exact) mass is 434 g/mol. The molecule has 0 heterocycles. The van der Waals surface area contributed by atoms with Crippen molar-refractivity contribution < 1.29 is 26.3 Å². The molecule has 0 fully saturated rings. The lowest BCUT2D eigenvalue weighted by Crippen LogP contribution is -2.19. The van der Waals surface area contributed by atoms with Gasteiger partial charge in [-0.1, -0.05) is 37.6 Å². The maximum Gasteiger partial charge on any atom is 0.169 e. The maximum atomic E-state index is 15.2. The molecule has 1 atom stereocenters. The molecular weight excluding hydrogens is 414 g/mol. The Morgan fingerprint density at radius 1 is 0.742 bits per heavy atom. The molecule has 31 heavy (non-hydrogen) atoms. The van der Waals surface area contributed by atoms with Gasteiger partial charge in [0.2, 0.25) is 0 Å². The van der Waals surface area contributed by atoms with E-state index in [4.69, 9.17) is 0 Å². The molecule has 1 unspecified atom stereocenters. The first-order valence-corrected chi connectivity index (χ1v) is 10.2. The standard InChI is InChI=1S/C25H20F6/c1-2-3-14-6-10-17(23(29)21(14)27)15-7-11-18-19(12-15)24(30)25(31)20(22(18)28)13-4-8-16(26)9-5-13/h4-6,8-10,15H,2-3,7,11-12H2,1H3. The number of rotatable bonds is 4. The van der Waals surface area contributed by atoms with Crippen molar-refractivity contribution in [1.29, 1.82) is 0 Å². The first-order chi connectivity index (χ1) is 14.8. The largest absolute Gasteiger partial charge is 0.207 e. The Kier molecular flexibility index (Phi) is 5.82. The summed E-state index contributed by atoms with van der Waals surface area (Å²) in [6.45, 7) is 1.86. The highest BCUT2D eigenvalue weighted by Crippen LogP contribution is 2.41. The SMILES string of the molecule is CCCc1ccc(C2CCc3c(F)c(-c4ccc(F)cc4)c(F)c(F)c3C2)c(F)c1F. The Balaban J connectivity index is 1.74. The molecular formula is C25H20F6. The van der Waals surface area contributed by atoms with Gasteiger partial charge in [0.05, 0.1) is 5.56 Å². The molecule has 3 aromatic carbocycles. The Morgan fingerprint density at radius 3 is 2.13 bits per heavy atom. The third-order valence-electron chi connectivity index (χ3n) is 6.00. The van der Waals surface area contributed by atoms with Crippen molar-refractivity contribution in [1.82, 2.24) is 0 Å². The molecule has 1 aliphatic carbocycles. The molecule has 0 nitrogen and oxygen atoms in total. The van der Waals surface area contributed by atoms with Crippen LogP contribution in [0.5, 0.6) is 0 Å². The van der Waals surface area contributed by atoms with E-state index < -0.39 is 46.4 Å². The van der Waals surface area contributed by atoms with E-state index in [1.165, 1.54) is 24.3 Å². The second kappa shape index (κ2) is 8.40. The Morgan fingerprint density at radius 2 is 1.45 bits per heavy atom. The predicted molar refractivity (Wildman–Crippen MR) is 107 cm³/mol. The fraction of sp³-hybridized carbons (Fsp3) is 0.280. The Labute approximate surface area is 176 Å². The highest BCUT2D eigenvalue weighted by Gasteiger charge is 2.32. The summed E-state index contributed by atoms with van der Waals surface area (Å²) in [7, 11) is 0. The van der Waals surface area contributed by atoms with E-state index in [-0.39, 0.29) is 47.1 Å². The normalized spacial score (nSPS) is 15.8. The summed E-state index contributed by atoms with van der Waals surface area (Å²) in [5.74, 6) is -6.55. The van der Waals surface area contributed by atoms with Crippen LogP contribution in [-0.4, -0.2) is 0 Å². The molecule has 4 rings (SSSR count). The van der Waals surface area contributed by atoms with Crippen molar-refractivity contribution >= 4 is 0 Å². The Bertz CT molecular complexity index is 1130. The fourth-order valence-corrected chi connectivity index (χ4v) is 4.41. The summed E-state index contributed by atoms with van der Waals surface area (Å²) in [4.78, 5) is 0. The van der Waals surface area contributed by atoms with Gasteiger partial charge in [-0.15, -0.1) is 0 Å². The van der Waals surface area contributed by atoms with Crippen molar-refractivity contribution in [3.8, 4) is 11.1 Å². The lowest BCUT2D eigenvalue weighted by Gasteiger charge is -2.27. The number of benzene rings is 3. The first kappa shape index (κ1) is 21.5. The van der Waals surface area contributed by atoms with E-state index >= 15 is 4.39 Å². The predicted octanol–water partition coefficient (Wildman–Crippen LogP) is 7.41. The van der Waals surface area contributed by atoms with Crippen molar-refractivity contribution in [2.45, 2.75) is 44.9 Å². The summed E-state index contributed by atoms with van der Waals surface area (Å²) in [6, 6.07) is 7.45. The molecule has 0 amide bonds.